The molecule has 0 atom stereocenters. The molecule has 10 heteroatoms. The fourth-order valence-corrected chi connectivity index (χ4v) is 5.47. The average molecular weight is 449 g/mol. The van der Waals surface area contributed by atoms with Crippen molar-refractivity contribution in [3.05, 3.63) is 51.4 Å². The molecule has 0 unspecified atom stereocenters. The number of rotatable bonds is 8. The first-order valence-corrected chi connectivity index (χ1v) is 10.9. The normalized spacial score (nSPS) is 12.0. The zero-order valence-electron chi connectivity index (χ0n) is 15.1. The van der Waals surface area contributed by atoms with Gasteiger partial charge in [-0.15, -0.1) is 0 Å². The van der Waals surface area contributed by atoms with Gasteiger partial charge in [-0.05, 0) is 38.4 Å². The minimum Gasteiger partial charge on any atom is -0.308 e. The fraction of sp³-hybridized carbons (Fsp3) is 0.294. The predicted octanol–water partition coefficient (Wildman–Crippen LogP) is 2.81. The number of sulfonamides is 1. The molecule has 27 heavy (non-hydrogen) atoms. The summed E-state index contributed by atoms with van der Waals surface area (Å²) in [6.45, 7) is 0.888. The maximum atomic E-state index is 13.1. The van der Waals surface area contributed by atoms with Gasteiger partial charge in [0.25, 0.3) is 5.69 Å². The smallest absolute Gasteiger partial charge is 0.254 e. The molecule has 2 rings (SSSR count). The summed E-state index contributed by atoms with van der Waals surface area (Å²) < 4.78 is 27.4. The molecular weight excluding hydrogens is 429 g/mol. The minimum absolute atomic E-state index is 0.0469. The highest BCUT2D eigenvalue weighted by Crippen LogP contribution is 2.37. The van der Waals surface area contributed by atoms with Crippen LogP contribution < -0.4 is 5.18 Å². The topological polar surface area (TPSA) is 71.7 Å². The number of nitroso groups, excluding NO2 is 1. The molecule has 0 saturated heterocycles. The summed E-state index contributed by atoms with van der Waals surface area (Å²) in [5, 5.41) is 2.65. The molecule has 0 aliphatic rings. The van der Waals surface area contributed by atoms with Crippen molar-refractivity contribution in [2.24, 2.45) is 0 Å². The van der Waals surface area contributed by atoms with Gasteiger partial charge < -0.3 is 4.90 Å². The second-order valence-corrected chi connectivity index (χ2v) is 10.1. The van der Waals surface area contributed by atoms with Gasteiger partial charge >= 0.3 is 0 Å². The van der Waals surface area contributed by atoms with Crippen LogP contribution in [0.4, 0.5) is 5.69 Å². The first kappa shape index (κ1) is 22.1. The molecule has 0 amide bonds. The molecule has 0 bridgehead atoms. The Labute approximate surface area is 173 Å². The van der Waals surface area contributed by atoms with Crippen LogP contribution in [0.15, 0.2) is 51.1 Å². The first-order chi connectivity index (χ1) is 12.6. The van der Waals surface area contributed by atoms with Crippen LogP contribution in [-0.4, -0.2) is 51.9 Å². The van der Waals surface area contributed by atoms with E-state index in [1.165, 1.54) is 35.2 Å². The number of nitrogens with one attached hydrogen (secondary N) is 1. The van der Waals surface area contributed by atoms with Crippen molar-refractivity contribution in [2.75, 3.05) is 34.2 Å². The van der Waals surface area contributed by atoms with E-state index in [0.717, 1.165) is 0 Å². The Morgan fingerprint density at radius 2 is 1.63 bits per heavy atom. The standard InChI is InChI=1S/C17H19Cl2N3O3S2/c1-21(2)6-7-22(3)27(24,25)17-11-14(20-23)4-5-16(17)26-15-9-12(18)8-13(19)10-15/h4-5,8-11H,6-7H2,1-3H3/p+1. The SMILES string of the molecule is CN(C)CCN(C)S(=O)(=O)c1cc([NH+]=O)ccc1Sc1cc(Cl)cc(Cl)c1. The van der Waals surface area contributed by atoms with E-state index in [1.54, 1.807) is 29.4 Å². The highest BCUT2D eigenvalue weighted by Gasteiger charge is 2.26. The minimum atomic E-state index is -3.80. The van der Waals surface area contributed by atoms with Gasteiger partial charge in [0.05, 0.1) is 0 Å². The van der Waals surface area contributed by atoms with Gasteiger partial charge in [-0.2, -0.15) is 4.31 Å². The molecule has 0 radical (unpaired) electrons. The Kier molecular flexibility index (Phi) is 7.67. The van der Waals surface area contributed by atoms with Crippen molar-refractivity contribution in [1.29, 1.82) is 0 Å². The quantitative estimate of drug-likeness (QED) is 0.671. The summed E-state index contributed by atoms with van der Waals surface area (Å²) in [5.41, 5.74) is 0.170. The number of nitrogens with zero attached hydrogens (tertiary/aromatic N) is 2. The summed E-state index contributed by atoms with van der Waals surface area (Å²) in [7, 11) is 1.45. The van der Waals surface area contributed by atoms with E-state index in [1.807, 2.05) is 19.0 Å². The second-order valence-electron chi connectivity index (χ2n) is 6.10. The molecule has 6 nitrogen and oxygen atoms in total. The van der Waals surface area contributed by atoms with E-state index in [2.05, 4.69) is 0 Å². The third-order valence-electron chi connectivity index (χ3n) is 3.68. The van der Waals surface area contributed by atoms with Gasteiger partial charge in [-0.3, -0.25) is 0 Å². The lowest BCUT2D eigenvalue weighted by molar-refractivity contribution is -0.379. The second kappa shape index (κ2) is 9.36. The molecule has 0 saturated carbocycles. The maximum absolute atomic E-state index is 13.1. The maximum Gasteiger partial charge on any atom is 0.254 e. The van der Waals surface area contributed by atoms with Gasteiger partial charge in [0.2, 0.25) is 10.0 Å². The zero-order chi connectivity index (χ0) is 20.2. The Hall–Kier alpha value is -1.16. The van der Waals surface area contributed by atoms with Crippen LogP contribution in [0.2, 0.25) is 10.0 Å². The molecule has 0 aromatic heterocycles. The van der Waals surface area contributed by atoms with E-state index < -0.39 is 10.0 Å². The van der Waals surface area contributed by atoms with Crippen LogP contribution in [-0.2, 0) is 10.0 Å². The van der Waals surface area contributed by atoms with Gasteiger partial charge in [-0.1, -0.05) is 35.0 Å². The number of benzene rings is 2. The van der Waals surface area contributed by atoms with Gasteiger partial charge in [0.15, 0.2) is 0 Å². The lowest BCUT2D eigenvalue weighted by Gasteiger charge is -2.20. The summed E-state index contributed by atoms with van der Waals surface area (Å²) in [6.07, 6.45) is 0. The summed E-state index contributed by atoms with van der Waals surface area (Å²) in [5.74, 6) is 0. The lowest BCUT2D eigenvalue weighted by atomic mass is 10.3. The van der Waals surface area contributed by atoms with Crippen molar-refractivity contribution >= 4 is 50.7 Å². The number of hydrogen-bond donors (Lipinski definition) is 1. The van der Waals surface area contributed by atoms with E-state index in [0.29, 0.717) is 32.9 Å². The molecule has 0 aliphatic carbocycles. The van der Waals surface area contributed by atoms with E-state index in [9.17, 15) is 13.3 Å². The molecular formula is C17H20Cl2N3O3S2+. The lowest BCUT2D eigenvalue weighted by Crippen LogP contribution is -2.55. The Balaban J connectivity index is 2.46. The zero-order valence-corrected chi connectivity index (χ0v) is 18.2. The summed E-state index contributed by atoms with van der Waals surface area (Å²) >= 11 is 13.3. The first-order valence-electron chi connectivity index (χ1n) is 7.90. The summed E-state index contributed by atoms with van der Waals surface area (Å²) in [4.78, 5) is 14.2. The molecule has 0 fully saturated rings. The third kappa shape index (κ3) is 5.91. The Morgan fingerprint density at radius 3 is 2.19 bits per heavy atom. The van der Waals surface area contributed by atoms with Crippen molar-refractivity contribution < 1.29 is 13.6 Å². The van der Waals surface area contributed by atoms with Crippen LogP contribution in [0.3, 0.4) is 0 Å². The van der Waals surface area contributed by atoms with E-state index in [-0.39, 0.29) is 10.6 Å². The Bertz CT molecular complexity index is 917. The monoisotopic (exact) mass is 448 g/mol. The molecule has 146 valence electrons. The van der Waals surface area contributed by atoms with Crippen molar-refractivity contribution in [1.82, 2.24) is 9.21 Å². The highest BCUT2D eigenvalue weighted by molar-refractivity contribution is 8.00. The van der Waals surface area contributed by atoms with Crippen molar-refractivity contribution in [3.63, 3.8) is 0 Å². The van der Waals surface area contributed by atoms with Gasteiger partial charge in [-0.25, -0.2) is 8.42 Å². The highest BCUT2D eigenvalue weighted by atomic mass is 35.5. The predicted molar refractivity (Wildman–Crippen MR) is 109 cm³/mol. The largest absolute Gasteiger partial charge is 0.308 e. The summed E-state index contributed by atoms with van der Waals surface area (Å²) in [6, 6.07) is 9.45. The Morgan fingerprint density at radius 1 is 1.00 bits per heavy atom. The van der Waals surface area contributed by atoms with Crippen LogP contribution >= 0.6 is 35.0 Å². The van der Waals surface area contributed by atoms with E-state index in [4.69, 9.17) is 23.2 Å². The number of hydrogen-bond acceptors (Lipinski definition) is 5. The van der Waals surface area contributed by atoms with Gasteiger partial charge in [0, 0.05) is 62.2 Å². The van der Waals surface area contributed by atoms with Gasteiger partial charge in [0.1, 0.15) is 4.90 Å². The number of halogens is 2. The molecule has 2 aromatic rings. The van der Waals surface area contributed by atoms with E-state index >= 15 is 0 Å². The van der Waals surface area contributed by atoms with Crippen LogP contribution in [0.25, 0.3) is 0 Å². The van der Waals surface area contributed by atoms with Crippen molar-refractivity contribution in [3.8, 4) is 0 Å². The van der Waals surface area contributed by atoms with Crippen LogP contribution in [0.1, 0.15) is 0 Å². The van der Waals surface area contributed by atoms with Crippen LogP contribution in [0.5, 0.6) is 0 Å². The molecule has 0 spiro atoms. The van der Waals surface area contributed by atoms with Crippen molar-refractivity contribution in [2.45, 2.75) is 14.7 Å². The van der Waals surface area contributed by atoms with Crippen LogP contribution in [0, 0.1) is 4.91 Å². The molecule has 0 aliphatic heterocycles. The third-order valence-corrected chi connectivity index (χ3v) is 7.19. The fourth-order valence-electron chi connectivity index (χ4n) is 2.20. The average Bonchev–Trinajstić information content (AvgIpc) is 2.58. The molecule has 2 aromatic carbocycles. The number of likely N-dealkylation sites (N-methyl/N-ethyl adjacent to an activating group) is 2. The molecule has 1 N–H and O–H groups in total. The molecule has 0 heterocycles.